The average molecular weight is 282 g/mol. The van der Waals surface area contributed by atoms with Gasteiger partial charge in [0.15, 0.2) is 0 Å². The van der Waals surface area contributed by atoms with Crippen LogP contribution >= 0.6 is 11.3 Å². The standard InChI is InChI=1S/C14H22N2O2S/c1-9-6-16(8-12(9)15(3)4)7-11-5-13(14(17)18)19-10(11)2/h5,9,12H,6-8H2,1-4H3,(H,17,18). The molecule has 1 aromatic rings. The lowest BCUT2D eigenvalue weighted by Crippen LogP contribution is -2.34. The highest BCUT2D eigenvalue weighted by molar-refractivity contribution is 7.14. The van der Waals surface area contributed by atoms with E-state index in [1.165, 1.54) is 11.3 Å². The van der Waals surface area contributed by atoms with Crippen molar-refractivity contribution in [3.8, 4) is 0 Å². The van der Waals surface area contributed by atoms with Crippen LogP contribution in [-0.2, 0) is 6.54 Å². The number of likely N-dealkylation sites (N-methyl/N-ethyl adjacent to an activating group) is 1. The molecule has 4 nitrogen and oxygen atoms in total. The Labute approximate surface area is 118 Å². The van der Waals surface area contributed by atoms with E-state index in [-0.39, 0.29) is 0 Å². The summed E-state index contributed by atoms with van der Waals surface area (Å²) in [5.74, 6) is -0.159. The van der Waals surface area contributed by atoms with E-state index in [1.54, 1.807) is 0 Å². The van der Waals surface area contributed by atoms with Gasteiger partial charge < -0.3 is 10.0 Å². The molecule has 0 saturated carbocycles. The second-order valence-corrected chi connectivity index (χ2v) is 6.96. The van der Waals surface area contributed by atoms with Gasteiger partial charge in [0.25, 0.3) is 0 Å². The Balaban J connectivity index is 2.04. The van der Waals surface area contributed by atoms with Gasteiger partial charge in [0, 0.05) is 30.6 Å². The van der Waals surface area contributed by atoms with E-state index in [9.17, 15) is 4.79 Å². The minimum absolute atomic E-state index is 0.448. The number of aryl methyl sites for hydroxylation is 1. The zero-order valence-corrected chi connectivity index (χ0v) is 12.8. The number of hydrogen-bond donors (Lipinski definition) is 1. The van der Waals surface area contributed by atoms with Crippen molar-refractivity contribution in [3.63, 3.8) is 0 Å². The van der Waals surface area contributed by atoms with Gasteiger partial charge in [-0.2, -0.15) is 0 Å². The molecule has 0 aliphatic carbocycles. The molecule has 2 atom stereocenters. The quantitative estimate of drug-likeness (QED) is 0.919. The number of rotatable bonds is 4. The fourth-order valence-corrected chi connectivity index (χ4v) is 3.75. The Morgan fingerprint density at radius 2 is 2.21 bits per heavy atom. The summed E-state index contributed by atoms with van der Waals surface area (Å²) >= 11 is 1.38. The highest BCUT2D eigenvalue weighted by Crippen LogP contribution is 2.26. The molecule has 0 bridgehead atoms. The summed E-state index contributed by atoms with van der Waals surface area (Å²) in [5, 5.41) is 9.03. The van der Waals surface area contributed by atoms with E-state index >= 15 is 0 Å². The van der Waals surface area contributed by atoms with E-state index < -0.39 is 5.97 Å². The van der Waals surface area contributed by atoms with Crippen molar-refractivity contribution >= 4 is 17.3 Å². The summed E-state index contributed by atoms with van der Waals surface area (Å²) in [6.07, 6.45) is 0. The van der Waals surface area contributed by atoms with Crippen molar-refractivity contribution in [1.82, 2.24) is 9.80 Å². The maximum Gasteiger partial charge on any atom is 0.345 e. The first-order valence-electron chi connectivity index (χ1n) is 6.60. The van der Waals surface area contributed by atoms with Gasteiger partial charge in [-0.05, 0) is 38.6 Å². The summed E-state index contributed by atoms with van der Waals surface area (Å²) in [6, 6.07) is 2.42. The normalized spacial score (nSPS) is 24.3. The van der Waals surface area contributed by atoms with Gasteiger partial charge in [-0.3, -0.25) is 4.90 Å². The first-order chi connectivity index (χ1) is 8.88. The van der Waals surface area contributed by atoms with Crippen molar-refractivity contribution in [3.05, 3.63) is 21.4 Å². The highest BCUT2D eigenvalue weighted by Gasteiger charge is 2.31. The number of nitrogens with zero attached hydrogens (tertiary/aromatic N) is 2. The van der Waals surface area contributed by atoms with E-state index in [0.29, 0.717) is 16.8 Å². The third-order valence-electron chi connectivity index (χ3n) is 3.94. The molecule has 106 valence electrons. The molecule has 2 heterocycles. The predicted octanol–water partition coefficient (Wildman–Crippen LogP) is 2.14. The molecule has 1 aromatic heterocycles. The van der Waals surface area contributed by atoms with E-state index in [2.05, 4.69) is 30.8 Å². The van der Waals surface area contributed by atoms with Crippen molar-refractivity contribution in [2.24, 2.45) is 5.92 Å². The van der Waals surface area contributed by atoms with Gasteiger partial charge in [-0.15, -0.1) is 11.3 Å². The van der Waals surface area contributed by atoms with Gasteiger partial charge in [-0.1, -0.05) is 6.92 Å². The van der Waals surface area contributed by atoms with Gasteiger partial charge in [0.2, 0.25) is 0 Å². The second-order valence-electron chi connectivity index (χ2n) is 5.70. The SMILES string of the molecule is Cc1sc(C(=O)O)cc1CN1CC(C)C(N(C)C)C1. The summed E-state index contributed by atoms with van der Waals surface area (Å²) in [7, 11) is 4.26. The summed E-state index contributed by atoms with van der Waals surface area (Å²) in [4.78, 5) is 17.3. The Morgan fingerprint density at radius 1 is 1.53 bits per heavy atom. The molecule has 1 aliphatic heterocycles. The fraction of sp³-hybridized carbons (Fsp3) is 0.643. The number of hydrogen-bond acceptors (Lipinski definition) is 4. The van der Waals surface area contributed by atoms with Crippen LogP contribution in [0.15, 0.2) is 6.07 Å². The molecule has 0 radical (unpaired) electrons. The van der Waals surface area contributed by atoms with Crippen molar-refractivity contribution in [2.75, 3.05) is 27.2 Å². The minimum atomic E-state index is -0.819. The topological polar surface area (TPSA) is 43.8 Å². The molecular formula is C14H22N2O2S. The van der Waals surface area contributed by atoms with Crippen LogP contribution in [0.1, 0.15) is 27.0 Å². The van der Waals surface area contributed by atoms with E-state index in [1.807, 2.05) is 13.0 Å². The van der Waals surface area contributed by atoms with Crippen LogP contribution in [-0.4, -0.2) is 54.1 Å². The molecule has 5 heteroatoms. The average Bonchev–Trinajstić information content (AvgIpc) is 2.84. The van der Waals surface area contributed by atoms with Crippen LogP contribution in [0.25, 0.3) is 0 Å². The number of carboxylic acids is 1. The smallest absolute Gasteiger partial charge is 0.345 e. The molecular weight excluding hydrogens is 260 g/mol. The van der Waals surface area contributed by atoms with E-state index in [0.717, 1.165) is 30.1 Å². The summed E-state index contributed by atoms with van der Waals surface area (Å²) in [6.45, 7) is 7.31. The summed E-state index contributed by atoms with van der Waals surface area (Å²) in [5.41, 5.74) is 1.16. The number of carbonyl (C=O) groups is 1. The predicted molar refractivity (Wildman–Crippen MR) is 77.9 cm³/mol. The van der Waals surface area contributed by atoms with Gasteiger partial charge in [-0.25, -0.2) is 4.79 Å². The Bertz CT molecular complexity index is 470. The first-order valence-corrected chi connectivity index (χ1v) is 7.41. The number of thiophene rings is 1. The van der Waals surface area contributed by atoms with Gasteiger partial charge in [0.1, 0.15) is 4.88 Å². The molecule has 19 heavy (non-hydrogen) atoms. The maximum atomic E-state index is 11.0. The molecule has 2 rings (SSSR count). The minimum Gasteiger partial charge on any atom is -0.477 e. The van der Waals surface area contributed by atoms with Gasteiger partial charge in [0.05, 0.1) is 0 Å². The number of likely N-dealkylation sites (tertiary alicyclic amines) is 1. The third kappa shape index (κ3) is 3.16. The molecule has 1 aliphatic rings. The summed E-state index contributed by atoms with van der Waals surface area (Å²) < 4.78 is 0. The molecule has 1 N–H and O–H groups in total. The zero-order chi connectivity index (χ0) is 14.2. The van der Waals surface area contributed by atoms with Crippen LogP contribution in [0.2, 0.25) is 0 Å². The highest BCUT2D eigenvalue weighted by atomic mass is 32.1. The first kappa shape index (κ1) is 14.5. The molecule has 0 aromatic carbocycles. The number of aromatic carboxylic acids is 1. The third-order valence-corrected chi connectivity index (χ3v) is 5.02. The van der Waals surface area contributed by atoms with Crippen LogP contribution in [0, 0.1) is 12.8 Å². The lowest BCUT2D eigenvalue weighted by molar-refractivity contribution is 0.0702. The van der Waals surface area contributed by atoms with Crippen molar-refractivity contribution in [1.29, 1.82) is 0 Å². The van der Waals surface area contributed by atoms with E-state index in [4.69, 9.17) is 5.11 Å². The molecule has 2 unspecified atom stereocenters. The van der Waals surface area contributed by atoms with Crippen molar-refractivity contribution < 1.29 is 9.90 Å². The largest absolute Gasteiger partial charge is 0.477 e. The Kier molecular flexibility index (Phi) is 4.28. The zero-order valence-electron chi connectivity index (χ0n) is 12.0. The molecule has 0 spiro atoms. The molecule has 0 amide bonds. The molecule has 1 saturated heterocycles. The van der Waals surface area contributed by atoms with Crippen LogP contribution in [0.5, 0.6) is 0 Å². The Hall–Kier alpha value is -0.910. The Morgan fingerprint density at radius 3 is 2.68 bits per heavy atom. The fourth-order valence-electron chi connectivity index (χ4n) is 2.87. The maximum absolute atomic E-state index is 11.0. The number of carboxylic acid groups (broad SMARTS) is 1. The van der Waals surface area contributed by atoms with Crippen LogP contribution in [0.4, 0.5) is 0 Å². The lowest BCUT2D eigenvalue weighted by Gasteiger charge is -2.22. The van der Waals surface area contributed by atoms with Crippen molar-refractivity contribution in [2.45, 2.75) is 26.4 Å². The molecule has 1 fully saturated rings. The van der Waals surface area contributed by atoms with Gasteiger partial charge >= 0.3 is 5.97 Å². The van der Waals surface area contributed by atoms with Crippen LogP contribution < -0.4 is 0 Å². The monoisotopic (exact) mass is 282 g/mol. The lowest BCUT2D eigenvalue weighted by atomic mass is 10.1. The second kappa shape index (κ2) is 5.61. The van der Waals surface area contributed by atoms with Crippen LogP contribution in [0.3, 0.4) is 0 Å².